The van der Waals surface area contributed by atoms with Gasteiger partial charge in [-0.05, 0) is 71.9 Å². The highest BCUT2D eigenvalue weighted by molar-refractivity contribution is 7.80. The first kappa shape index (κ1) is 27.8. The number of benzene rings is 3. The second kappa shape index (κ2) is 12.4. The quantitative estimate of drug-likeness (QED) is 0.153. The van der Waals surface area contributed by atoms with Crippen molar-refractivity contribution < 1.29 is 32.2 Å². The number of rotatable bonds is 8. The lowest BCUT2D eigenvalue weighted by atomic mass is 10.1. The molecule has 0 aliphatic rings. The molecule has 7 nitrogen and oxygen atoms in total. The van der Waals surface area contributed by atoms with Gasteiger partial charge >= 0.3 is 12.1 Å². The Hall–Kier alpha value is -3.83. The summed E-state index contributed by atoms with van der Waals surface area (Å²) in [5.74, 6) is 0.518. The minimum absolute atomic E-state index is 0.00713. The third-order valence-corrected chi connectivity index (χ3v) is 5.40. The summed E-state index contributed by atoms with van der Waals surface area (Å²) in [7, 11) is 2.81. The number of nitrogens with zero attached hydrogens (tertiary/aromatic N) is 1. The number of alkyl halides is 3. The van der Waals surface area contributed by atoms with Crippen LogP contribution in [0.2, 0.25) is 5.02 Å². The van der Waals surface area contributed by atoms with Crippen molar-refractivity contribution in [3.63, 3.8) is 0 Å². The fraction of sp³-hybridized carbons (Fsp3) is 0.160. The van der Waals surface area contributed by atoms with E-state index in [0.717, 1.165) is 23.8 Å². The molecule has 0 aromatic heterocycles. The Bertz CT molecular complexity index is 1300. The highest BCUT2D eigenvalue weighted by atomic mass is 35.5. The van der Waals surface area contributed by atoms with Crippen molar-refractivity contribution in [2.24, 2.45) is 5.10 Å². The third kappa shape index (κ3) is 7.83. The molecule has 37 heavy (non-hydrogen) atoms. The van der Waals surface area contributed by atoms with Gasteiger partial charge in [0, 0.05) is 0 Å². The second-order valence-corrected chi connectivity index (χ2v) is 8.22. The average molecular weight is 552 g/mol. The van der Waals surface area contributed by atoms with Crippen molar-refractivity contribution in [1.29, 1.82) is 0 Å². The summed E-state index contributed by atoms with van der Waals surface area (Å²) >= 11 is 11.0. The molecule has 194 valence electrons. The van der Waals surface area contributed by atoms with Crippen molar-refractivity contribution in [2.45, 2.75) is 12.8 Å². The minimum Gasteiger partial charge on any atom is -0.493 e. The number of esters is 1. The molecule has 2 N–H and O–H groups in total. The van der Waals surface area contributed by atoms with Crippen LogP contribution in [-0.4, -0.2) is 31.5 Å². The highest BCUT2D eigenvalue weighted by Crippen LogP contribution is 2.34. The van der Waals surface area contributed by atoms with E-state index in [1.807, 2.05) is 0 Å². The average Bonchev–Trinajstić information content (AvgIpc) is 2.88. The van der Waals surface area contributed by atoms with Gasteiger partial charge in [0.2, 0.25) is 0 Å². The van der Waals surface area contributed by atoms with Crippen LogP contribution in [0, 0.1) is 0 Å². The third-order valence-electron chi connectivity index (χ3n) is 4.88. The molecule has 0 aliphatic carbocycles. The van der Waals surface area contributed by atoms with E-state index < -0.39 is 17.7 Å². The Morgan fingerprint density at radius 1 is 1.05 bits per heavy atom. The van der Waals surface area contributed by atoms with E-state index in [9.17, 15) is 18.0 Å². The molecule has 0 atom stereocenters. The van der Waals surface area contributed by atoms with Gasteiger partial charge in [-0.3, -0.25) is 5.43 Å². The molecule has 0 saturated heterocycles. The molecule has 3 aromatic carbocycles. The predicted molar refractivity (Wildman–Crippen MR) is 139 cm³/mol. The standard InChI is InChI=1S/C25H21ClF3N3O4S/c1-34-22-11-16(5-10-21(22)36-14-15-3-6-17(7-4-15)23(33)35-2)13-30-32-24(37)31-20-12-18(25(27,28)29)8-9-19(20)26/h3-13H,14H2,1-2H3,(H2,31,32,37)/b30-13-. The maximum Gasteiger partial charge on any atom is 0.416 e. The fourth-order valence-corrected chi connectivity index (χ4v) is 3.34. The first-order chi connectivity index (χ1) is 17.6. The Morgan fingerprint density at radius 3 is 2.43 bits per heavy atom. The number of hydrogen-bond donors (Lipinski definition) is 2. The van der Waals surface area contributed by atoms with Crippen molar-refractivity contribution in [3.05, 3.63) is 87.9 Å². The van der Waals surface area contributed by atoms with E-state index in [-0.39, 0.29) is 22.4 Å². The number of nitrogens with one attached hydrogen (secondary N) is 2. The topological polar surface area (TPSA) is 81.2 Å². The maximum absolute atomic E-state index is 12.9. The molecule has 3 aromatic rings. The Kier molecular flexibility index (Phi) is 9.31. The number of hydrogen-bond acceptors (Lipinski definition) is 6. The van der Waals surface area contributed by atoms with Gasteiger partial charge in [-0.2, -0.15) is 18.3 Å². The number of anilines is 1. The molecule has 0 bridgehead atoms. The van der Waals surface area contributed by atoms with Gasteiger partial charge in [-0.1, -0.05) is 23.7 Å². The summed E-state index contributed by atoms with van der Waals surface area (Å²) in [5.41, 5.74) is 3.57. The lowest BCUT2D eigenvalue weighted by Gasteiger charge is -2.13. The zero-order valence-corrected chi connectivity index (χ0v) is 21.1. The number of carbonyl (C=O) groups excluding carboxylic acids is 1. The van der Waals surface area contributed by atoms with Crippen molar-refractivity contribution in [3.8, 4) is 11.5 Å². The molecule has 0 radical (unpaired) electrons. The first-order valence-electron chi connectivity index (χ1n) is 10.6. The number of carbonyl (C=O) groups is 1. The van der Waals surface area contributed by atoms with Crippen molar-refractivity contribution in [1.82, 2.24) is 5.43 Å². The zero-order valence-electron chi connectivity index (χ0n) is 19.6. The highest BCUT2D eigenvalue weighted by Gasteiger charge is 2.31. The van der Waals surface area contributed by atoms with E-state index in [0.29, 0.717) is 22.6 Å². The molecule has 0 fully saturated rings. The molecule has 0 unspecified atom stereocenters. The summed E-state index contributed by atoms with van der Waals surface area (Å²) in [6.07, 6.45) is -3.07. The molecule has 0 amide bonds. The second-order valence-electron chi connectivity index (χ2n) is 7.40. The van der Waals surface area contributed by atoms with Crippen LogP contribution in [0.3, 0.4) is 0 Å². The monoisotopic (exact) mass is 551 g/mol. The first-order valence-corrected chi connectivity index (χ1v) is 11.3. The molecule has 3 rings (SSSR count). The van der Waals surface area contributed by atoms with Crippen LogP contribution in [-0.2, 0) is 17.5 Å². The number of halogens is 4. The van der Waals surface area contributed by atoms with Crippen LogP contribution >= 0.6 is 23.8 Å². The summed E-state index contributed by atoms with van der Waals surface area (Å²) in [4.78, 5) is 11.5. The SMILES string of the molecule is COC(=O)c1ccc(COc2ccc(/C=N\NC(=S)Nc3cc(C(F)(F)F)ccc3Cl)cc2OC)cc1. The Labute approximate surface area is 221 Å². The number of hydrazone groups is 1. The molecular formula is C25H21ClF3N3O4S. The Morgan fingerprint density at radius 2 is 1.78 bits per heavy atom. The van der Waals surface area contributed by atoms with Crippen LogP contribution in [0.25, 0.3) is 0 Å². The van der Waals surface area contributed by atoms with E-state index in [4.69, 9.17) is 33.3 Å². The normalized spacial score (nSPS) is 11.2. The summed E-state index contributed by atoms with van der Waals surface area (Å²) in [5, 5.41) is 6.60. The minimum atomic E-state index is -4.52. The van der Waals surface area contributed by atoms with Crippen LogP contribution in [0.1, 0.15) is 27.0 Å². The maximum atomic E-state index is 12.9. The van der Waals surface area contributed by atoms with Crippen LogP contribution in [0.5, 0.6) is 11.5 Å². The van der Waals surface area contributed by atoms with Gasteiger partial charge in [-0.15, -0.1) is 0 Å². The smallest absolute Gasteiger partial charge is 0.416 e. The summed E-state index contributed by atoms with van der Waals surface area (Å²) < 4.78 is 54.7. The van der Waals surface area contributed by atoms with Gasteiger partial charge in [0.15, 0.2) is 16.6 Å². The van der Waals surface area contributed by atoms with Crippen molar-refractivity contribution >= 4 is 46.8 Å². The van der Waals surface area contributed by atoms with E-state index in [1.165, 1.54) is 20.4 Å². The number of thiocarbonyl (C=S) groups is 1. The molecule has 0 saturated carbocycles. The summed E-state index contributed by atoms with van der Waals surface area (Å²) in [6.45, 7) is 0.241. The number of methoxy groups -OCH3 is 2. The number of ether oxygens (including phenoxy) is 3. The fourth-order valence-electron chi connectivity index (χ4n) is 3.01. The zero-order chi connectivity index (χ0) is 27.0. The largest absolute Gasteiger partial charge is 0.493 e. The Balaban J connectivity index is 1.59. The predicted octanol–water partition coefficient (Wildman–Crippen LogP) is 6.05. The lowest BCUT2D eigenvalue weighted by Crippen LogP contribution is -2.24. The van der Waals surface area contributed by atoms with Crippen LogP contribution < -0.4 is 20.2 Å². The molecule has 12 heteroatoms. The lowest BCUT2D eigenvalue weighted by molar-refractivity contribution is -0.137. The van der Waals surface area contributed by atoms with E-state index in [1.54, 1.807) is 42.5 Å². The van der Waals surface area contributed by atoms with Gasteiger partial charge in [0.1, 0.15) is 6.61 Å². The van der Waals surface area contributed by atoms with Gasteiger partial charge in [-0.25, -0.2) is 4.79 Å². The summed E-state index contributed by atoms with van der Waals surface area (Å²) in [6, 6.07) is 14.8. The van der Waals surface area contributed by atoms with Gasteiger partial charge < -0.3 is 19.5 Å². The molecular weight excluding hydrogens is 531 g/mol. The molecule has 0 heterocycles. The molecule has 0 spiro atoms. The van der Waals surface area contributed by atoms with E-state index in [2.05, 4.69) is 20.6 Å². The van der Waals surface area contributed by atoms with Crippen LogP contribution in [0.15, 0.2) is 65.8 Å². The molecule has 0 aliphatic heterocycles. The van der Waals surface area contributed by atoms with Gasteiger partial charge in [0.25, 0.3) is 0 Å². The van der Waals surface area contributed by atoms with E-state index >= 15 is 0 Å². The van der Waals surface area contributed by atoms with Gasteiger partial charge in [0.05, 0.1) is 42.3 Å². The van der Waals surface area contributed by atoms with Crippen molar-refractivity contribution in [2.75, 3.05) is 19.5 Å². The van der Waals surface area contributed by atoms with Crippen LogP contribution in [0.4, 0.5) is 18.9 Å².